The zero-order valence-electron chi connectivity index (χ0n) is 22.2. The Morgan fingerprint density at radius 1 is 1.14 bits per heavy atom. The van der Waals surface area contributed by atoms with E-state index in [1.54, 1.807) is 0 Å². The normalized spacial score (nSPS) is 24.7. The molecule has 7 nitrogen and oxygen atoms in total. The van der Waals surface area contributed by atoms with Crippen molar-refractivity contribution in [1.29, 1.82) is 0 Å². The maximum absolute atomic E-state index is 11.8. The highest BCUT2D eigenvalue weighted by atomic mass is 32.2. The number of hydrogen-bond donors (Lipinski definition) is 2. The fraction of sp³-hybridized carbons (Fsp3) is 0.517. The van der Waals surface area contributed by atoms with Gasteiger partial charge in [-0.05, 0) is 94.8 Å². The van der Waals surface area contributed by atoms with Crippen LogP contribution in [0.3, 0.4) is 0 Å². The lowest BCUT2D eigenvalue weighted by Crippen LogP contribution is -2.42. The third kappa shape index (κ3) is 4.93. The summed E-state index contributed by atoms with van der Waals surface area (Å²) in [6.45, 7) is 12.8. The molecular weight excluding hydrogens is 488 g/mol. The molecule has 3 atom stereocenters. The Hall–Kier alpha value is -2.71. The molecule has 0 aliphatic carbocycles. The Kier molecular flexibility index (Phi) is 6.92. The lowest BCUT2D eigenvalue weighted by molar-refractivity contribution is -0.118. The van der Waals surface area contributed by atoms with Gasteiger partial charge in [0.15, 0.2) is 0 Å². The Bertz CT molecular complexity index is 1230. The summed E-state index contributed by atoms with van der Waals surface area (Å²) >= 11 is 1.05. The van der Waals surface area contributed by atoms with Crippen LogP contribution in [0, 0.1) is 20.8 Å². The number of phenols is 1. The van der Waals surface area contributed by atoms with Gasteiger partial charge < -0.3 is 14.6 Å². The molecule has 198 valence electrons. The number of nitrogens with one attached hydrogen (secondary N) is 1. The van der Waals surface area contributed by atoms with Crippen LogP contribution in [0.2, 0.25) is 0 Å². The zero-order valence-corrected chi connectivity index (χ0v) is 23.0. The molecule has 5 rings (SSSR count). The summed E-state index contributed by atoms with van der Waals surface area (Å²) in [5.74, 6) is 2.06. The maximum atomic E-state index is 11.8. The minimum Gasteiger partial charge on any atom is -0.507 e. The van der Waals surface area contributed by atoms with Gasteiger partial charge in [0, 0.05) is 24.1 Å². The second-order valence-electron chi connectivity index (χ2n) is 11.1. The summed E-state index contributed by atoms with van der Waals surface area (Å²) in [4.78, 5) is 25.7. The van der Waals surface area contributed by atoms with E-state index in [-0.39, 0.29) is 27.9 Å². The first kappa shape index (κ1) is 25.9. The van der Waals surface area contributed by atoms with Crippen LogP contribution in [0.4, 0.5) is 4.79 Å². The van der Waals surface area contributed by atoms with Crippen LogP contribution in [-0.2, 0) is 11.2 Å². The first-order valence-corrected chi connectivity index (χ1v) is 13.9. The van der Waals surface area contributed by atoms with Gasteiger partial charge in [-0.3, -0.25) is 19.8 Å². The smallest absolute Gasteiger partial charge is 0.286 e. The van der Waals surface area contributed by atoms with Crippen LogP contribution >= 0.6 is 11.8 Å². The van der Waals surface area contributed by atoms with Crippen molar-refractivity contribution in [3.8, 4) is 17.2 Å². The molecule has 3 heterocycles. The largest absolute Gasteiger partial charge is 0.507 e. The Morgan fingerprint density at radius 3 is 2.54 bits per heavy atom. The van der Waals surface area contributed by atoms with Crippen molar-refractivity contribution in [3.63, 3.8) is 0 Å². The number of aromatic hydroxyl groups is 1. The van der Waals surface area contributed by atoms with Crippen molar-refractivity contribution >= 4 is 22.9 Å². The van der Waals surface area contributed by atoms with E-state index in [4.69, 9.17) is 9.47 Å². The summed E-state index contributed by atoms with van der Waals surface area (Å²) in [5.41, 5.74) is 4.63. The Labute approximate surface area is 222 Å². The highest BCUT2D eigenvalue weighted by Gasteiger charge is 2.46. The molecular formula is C29H36N2O5S. The molecule has 37 heavy (non-hydrogen) atoms. The quantitative estimate of drug-likeness (QED) is 0.526. The van der Waals surface area contributed by atoms with Crippen LogP contribution < -0.4 is 14.8 Å². The number of likely N-dealkylation sites (tertiary alicyclic amines) is 1. The molecule has 2 aromatic carbocycles. The van der Waals surface area contributed by atoms with E-state index in [1.807, 2.05) is 45.0 Å². The van der Waals surface area contributed by atoms with Gasteiger partial charge in [-0.15, -0.1) is 0 Å². The average Bonchev–Trinajstić information content (AvgIpc) is 3.51. The van der Waals surface area contributed by atoms with Gasteiger partial charge in [0.05, 0.1) is 5.25 Å². The molecule has 2 aromatic rings. The summed E-state index contributed by atoms with van der Waals surface area (Å²) in [7, 11) is 0. The molecule has 0 spiro atoms. The number of ether oxygens (including phenoxy) is 2. The first-order valence-electron chi connectivity index (χ1n) is 13.0. The fourth-order valence-corrected chi connectivity index (χ4v) is 6.75. The number of thioether (sulfide) groups is 1. The number of phenolic OH excluding ortho intramolecular Hbond substituents is 1. The molecule has 8 heteroatoms. The molecule has 2 amide bonds. The second-order valence-corrected chi connectivity index (χ2v) is 12.2. The van der Waals surface area contributed by atoms with E-state index >= 15 is 0 Å². The van der Waals surface area contributed by atoms with Gasteiger partial charge in [0.25, 0.3) is 5.24 Å². The van der Waals surface area contributed by atoms with Crippen LogP contribution in [0.5, 0.6) is 17.2 Å². The average molecular weight is 525 g/mol. The standard InChI is InChI=1S/C29H36N2O5S/c1-16-17(2)26-24(18(3)25(16)32)22(29(4,5)36-26)14-31-12-6-7-20(31)15-35-21-10-8-19(9-11-21)13-23-27(33)30-28(34)37-23/h8-11,20,22-23,32H,6-7,12-15H2,1-5H3,(H,30,33,34)/t20-,22?,23?/m1/s1. The van der Waals surface area contributed by atoms with Crippen LogP contribution in [-0.4, -0.2) is 57.7 Å². The number of hydrogen-bond acceptors (Lipinski definition) is 7. The number of fused-ring (bicyclic) bond motifs is 1. The molecule has 2 fully saturated rings. The SMILES string of the molecule is Cc1c(C)c2c(c(C)c1O)C(CN1CCC[C@@H]1COc1ccc(CC3SC(=O)NC3=O)cc1)C(C)(C)O2. The van der Waals surface area contributed by atoms with Crippen molar-refractivity contribution < 1.29 is 24.2 Å². The zero-order chi connectivity index (χ0) is 26.5. The third-order valence-corrected chi connectivity index (χ3v) is 9.27. The number of nitrogens with zero attached hydrogens (tertiary/aromatic N) is 1. The number of imide groups is 1. The molecule has 0 radical (unpaired) electrons. The molecule has 2 saturated heterocycles. The monoisotopic (exact) mass is 524 g/mol. The van der Waals surface area contributed by atoms with Gasteiger partial charge in [-0.2, -0.15) is 0 Å². The minimum absolute atomic E-state index is 0.158. The summed E-state index contributed by atoms with van der Waals surface area (Å²) in [5, 5.41) is 12.5. The molecule has 3 aliphatic heterocycles. The van der Waals surface area contributed by atoms with Gasteiger partial charge >= 0.3 is 0 Å². The highest BCUT2D eigenvalue weighted by Crippen LogP contribution is 2.52. The lowest BCUT2D eigenvalue weighted by atomic mass is 9.82. The van der Waals surface area contributed by atoms with Gasteiger partial charge in [0.1, 0.15) is 29.5 Å². The molecule has 2 unspecified atom stereocenters. The molecule has 0 saturated carbocycles. The molecule has 0 bridgehead atoms. The topological polar surface area (TPSA) is 88.1 Å². The highest BCUT2D eigenvalue weighted by molar-refractivity contribution is 8.15. The van der Waals surface area contributed by atoms with E-state index in [1.165, 1.54) is 0 Å². The predicted molar refractivity (Wildman–Crippen MR) is 145 cm³/mol. The van der Waals surface area contributed by atoms with Crippen molar-refractivity contribution in [1.82, 2.24) is 10.2 Å². The first-order chi connectivity index (χ1) is 17.5. The van der Waals surface area contributed by atoms with Gasteiger partial charge in [0.2, 0.25) is 5.91 Å². The summed E-state index contributed by atoms with van der Waals surface area (Å²) < 4.78 is 12.7. The predicted octanol–water partition coefficient (Wildman–Crippen LogP) is 5.01. The van der Waals surface area contributed by atoms with Crippen molar-refractivity contribution in [2.75, 3.05) is 19.7 Å². The van der Waals surface area contributed by atoms with E-state index in [0.717, 1.165) is 77.0 Å². The number of amides is 2. The molecule has 3 aliphatic rings. The number of carbonyl (C=O) groups is 2. The minimum atomic E-state index is -0.362. The summed E-state index contributed by atoms with van der Waals surface area (Å²) in [6.07, 6.45) is 2.73. The molecule has 0 aromatic heterocycles. The Morgan fingerprint density at radius 2 is 1.86 bits per heavy atom. The number of benzene rings is 2. The van der Waals surface area contributed by atoms with E-state index in [0.29, 0.717) is 24.8 Å². The summed E-state index contributed by atoms with van der Waals surface area (Å²) in [6, 6.07) is 8.12. The second kappa shape index (κ2) is 9.87. The maximum Gasteiger partial charge on any atom is 0.286 e. The van der Waals surface area contributed by atoms with Crippen molar-refractivity contribution in [2.24, 2.45) is 0 Å². The Balaban J connectivity index is 1.23. The van der Waals surface area contributed by atoms with Crippen molar-refractivity contribution in [3.05, 3.63) is 52.1 Å². The number of carbonyl (C=O) groups excluding carboxylic acids is 2. The third-order valence-electron chi connectivity index (χ3n) is 8.28. The van der Waals surface area contributed by atoms with Gasteiger partial charge in [-0.1, -0.05) is 23.9 Å². The fourth-order valence-electron chi connectivity index (χ4n) is 5.89. The van der Waals surface area contributed by atoms with Crippen molar-refractivity contribution in [2.45, 2.75) is 76.7 Å². The van der Waals surface area contributed by atoms with Crippen LogP contribution in [0.15, 0.2) is 24.3 Å². The van der Waals surface area contributed by atoms with Crippen LogP contribution in [0.25, 0.3) is 0 Å². The number of rotatable bonds is 7. The van der Waals surface area contributed by atoms with E-state index in [9.17, 15) is 14.7 Å². The van der Waals surface area contributed by atoms with E-state index < -0.39 is 0 Å². The lowest BCUT2D eigenvalue weighted by Gasteiger charge is -2.33. The molecule has 2 N–H and O–H groups in total. The van der Waals surface area contributed by atoms with E-state index in [2.05, 4.69) is 24.1 Å². The van der Waals surface area contributed by atoms with Crippen LogP contribution in [0.1, 0.15) is 60.4 Å². The van der Waals surface area contributed by atoms with Gasteiger partial charge in [-0.25, -0.2) is 0 Å².